The Hall–Kier alpha value is -1.54. The molecule has 17 heavy (non-hydrogen) atoms. The molecule has 0 atom stereocenters. The van der Waals surface area contributed by atoms with Gasteiger partial charge in [-0.1, -0.05) is 0 Å². The number of rotatable bonds is 2. The van der Waals surface area contributed by atoms with Crippen molar-refractivity contribution in [3.05, 3.63) is 24.3 Å². The second kappa shape index (κ2) is 4.38. The summed E-state index contributed by atoms with van der Waals surface area (Å²) in [5, 5.41) is 0. The molecule has 0 saturated heterocycles. The Morgan fingerprint density at radius 1 is 1.06 bits per heavy atom. The van der Waals surface area contributed by atoms with E-state index in [-0.39, 0.29) is 0 Å². The van der Waals surface area contributed by atoms with Crippen molar-refractivity contribution >= 4 is 0 Å². The highest BCUT2D eigenvalue weighted by molar-refractivity contribution is 5.18. The summed E-state index contributed by atoms with van der Waals surface area (Å²) >= 11 is 0. The first-order valence-electron chi connectivity index (χ1n) is 4.02. The molecular weight excluding hydrogens is 259 g/mol. The third-order valence-corrected chi connectivity index (χ3v) is 1.55. The van der Waals surface area contributed by atoms with Gasteiger partial charge in [0.1, 0.15) is 5.75 Å². The van der Waals surface area contributed by atoms with Crippen LogP contribution in [0, 0.1) is 5.95 Å². The predicted molar refractivity (Wildman–Crippen MR) is 40.7 cm³/mol. The first-order chi connectivity index (χ1) is 7.60. The molecule has 0 aliphatic rings. The zero-order valence-electron chi connectivity index (χ0n) is 7.81. The van der Waals surface area contributed by atoms with E-state index in [4.69, 9.17) is 0 Å². The normalized spacial score (nSPS) is 12.9. The topological polar surface area (TPSA) is 22.1 Å². The smallest absolute Gasteiger partial charge is 0.434 e. The van der Waals surface area contributed by atoms with Crippen LogP contribution in [0.15, 0.2) is 18.3 Å². The largest absolute Gasteiger partial charge is 0.471 e. The van der Waals surface area contributed by atoms with Gasteiger partial charge in [0.05, 0.1) is 0 Å². The number of nitrogens with zero attached hydrogens (tertiary/aromatic N) is 1. The Morgan fingerprint density at radius 3 is 2.00 bits per heavy atom. The lowest BCUT2D eigenvalue weighted by Gasteiger charge is -2.23. The number of ether oxygens (including phenoxy) is 1. The zero-order valence-corrected chi connectivity index (χ0v) is 7.81. The number of alkyl halides is 6. The predicted octanol–water partition coefficient (Wildman–Crippen LogP) is 3.09. The molecule has 0 amide bonds. The molecule has 0 fully saturated rings. The van der Waals surface area contributed by atoms with Crippen molar-refractivity contribution in [1.29, 1.82) is 0 Å². The number of halogens is 7. The molecule has 0 unspecified atom stereocenters. The molecule has 0 N–H and O–H groups in total. The minimum absolute atomic E-state index is 0.324. The Bertz CT molecular complexity index is 372. The summed E-state index contributed by atoms with van der Waals surface area (Å²) in [5.74, 6) is -2.15. The summed E-state index contributed by atoms with van der Waals surface area (Å²) in [6.45, 7) is 0. The van der Waals surface area contributed by atoms with E-state index in [9.17, 15) is 30.7 Å². The molecule has 1 rings (SSSR count). The molecule has 0 saturated carbocycles. The molecule has 1 heterocycles. The van der Waals surface area contributed by atoms with Crippen LogP contribution in [0.3, 0.4) is 0 Å². The second-order valence-electron chi connectivity index (χ2n) is 2.90. The SMILES string of the molecule is Fc1cc(OC(C(F)(F)F)C(F)(F)F)ccn1. The van der Waals surface area contributed by atoms with Gasteiger partial charge < -0.3 is 4.74 Å². The summed E-state index contributed by atoms with van der Waals surface area (Å²) in [5.41, 5.74) is 0. The Balaban J connectivity index is 2.96. The van der Waals surface area contributed by atoms with Crippen molar-refractivity contribution in [1.82, 2.24) is 4.98 Å². The van der Waals surface area contributed by atoms with Gasteiger partial charge in [-0.05, 0) is 6.07 Å². The molecule has 0 aliphatic carbocycles. The van der Waals surface area contributed by atoms with Crippen LogP contribution in [-0.4, -0.2) is 23.4 Å². The third kappa shape index (κ3) is 3.75. The molecule has 1 aromatic heterocycles. The number of pyridine rings is 1. The van der Waals surface area contributed by atoms with Crippen LogP contribution >= 0.6 is 0 Å². The number of hydrogen-bond acceptors (Lipinski definition) is 2. The average molecular weight is 263 g/mol. The maximum absolute atomic E-state index is 12.5. The Morgan fingerprint density at radius 2 is 1.59 bits per heavy atom. The molecule has 0 aliphatic heterocycles. The number of hydrogen-bond donors (Lipinski definition) is 0. The van der Waals surface area contributed by atoms with Crippen LogP contribution in [0.5, 0.6) is 5.75 Å². The number of aromatic nitrogens is 1. The minimum Gasteiger partial charge on any atom is -0.471 e. The summed E-state index contributed by atoms with van der Waals surface area (Å²) in [6, 6.07) is 1.01. The fourth-order valence-electron chi connectivity index (χ4n) is 0.913. The molecule has 1 aromatic rings. The lowest BCUT2D eigenvalue weighted by Crippen LogP contribution is -2.46. The maximum Gasteiger partial charge on any atom is 0.434 e. The van der Waals surface area contributed by atoms with E-state index in [2.05, 4.69) is 9.72 Å². The van der Waals surface area contributed by atoms with Gasteiger partial charge in [0.2, 0.25) is 5.95 Å². The van der Waals surface area contributed by atoms with Crippen LogP contribution in [-0.2, 0) is 0 Å². The average Bonchev–Trinajstić information content (AvgIpc) is 2.10. The molecule has 2 nitrogen and oxygen atoms in total. The van der Waals surface area contributed by atoms with Crippen molar-refractivity contribution in [2.24, 2.45) is 0 Å². The van der Waals surface area contributed by atoms with E-state index in [1.807, 2.05) is 0 Å². The van der Waals surface area contributed by atoms with E-state index < -0.39 is 30.2 Å². The highest BCUT2D eigenvalue weighted by Crippen LogP contribution is 2.36. The molecule has 0 spiro atoms. The maximum atomic E-state index is 12.5. The van der Waals surface area contributed by atoms with Crippen molar-refractivity contribution in [2.75, 3.05) is 0 Å². The van der Waals surface area contributed by atoms with Crippen LogP contribution in [0.1, 0.15) is 0 Å². The molecule has 9 heteroatoms. The van der Waals surface area contributed by atoms with Crippen molar-refractivity contribution < 1.29 is 35.5 Å². The van der Waals surface area contributed by atoms with Gasteiger partial charge in [0, 0.05) is 12.3 Å². The van der Waals surface area contributed by atoms with Gasteiger partial charge >= 0.3 is 12.4 Å². The monoisotopic (exact) mass is 263 g/mol. The van der Waals surface area contributed by atoms with Crippen molar-refractivity contribution in [2.45, 2.75) is 18.5 Å². The molecule has 0 aromatic carbocycles. The minimum atomic E-state index is -5.64. The lowest BCUT2D eigenvalue weighted by atomic mass is 10.3. The fraction of sp³-hybridized carbons (Fsp3) is 0.375. The van der Waals surface area contributed by atoms with E-state index in [1.54, 1.807) is 0 Å². The lowest BCUT2D eigenvalue weighted by molar-refractivity contribution is -0.299. The van der Waals surface area contributed by atoms with Crippen molar-refractivity contribution in [3.8, 4) is 5.75 Å². The third-order valence-electron chi connectivity index (χ3n) is 1.55. The van der Waals surface area contributed by atoms with Gasteiger partial charge in [0.25, 0.3) is 6.10 Å². The van der Waals surface area contributed by atoms with Crippen LogP contribution in [0.25, 0.3) is 0 Å². The van der Waals surface area contributed by atoms with Gasteiger partial charge in [-0.2, -0.15) is 30.7 Å². The summed E-state index contributed by atoms with van der Waals surface area (Å²) in [4.78, 5) is 2.96. The molecular formula is C8H4F7NO. The molecule has 96 valence electrons. The summed E-state index contributed by atoms with van der Waals surface area (Å²) in [7, 11) is 0. The van der Waals surface area contributed by atoms with Gasteiger partial charge in [-0.15, -0.1) is 0 Å². The van der Waals surface area contributed by atoms with Gasteiger partial charge in [-0.3, -0.25) is 0 Å². The highest BCUT2D eigenvalue weighted by Gasteiger charge is 2.59. The van der Waals surface area contributed by atoms with Gasteiger partial charge in [0.15, 0.2) is 0 Å². The quantitative estimate of drug-likeness (QED) is 0.604. The van der Waals surface area contributed by atoms with Gasteiger partial charge in [-0.25, -0.2) is 4.98 Å². The van der Waals surface area contributed by atoms with E-state index in [1.165, 1.54) is 0 Å². The Labute approximate surface area is 90.0 Å². The first-order valence-corrected chi connectivity index (χ1v) is 4.02. The summed E-state index contributed by atoms with van der Waals surface area (Å²) < 4.78 is 88.4. The van der Waals surface area contributed by atoms with E-state index >= 15 is 0 Å². The van der Waals surface area contributed by atoms with Crippen LogP contribution in [0.2, 0.25) is 0 Å². The molecule has 0 radical (unpaired) electrons. The van der Waals surface area contributed by atoms with Crippen LogP contribution < -0.4 is 4.74 Å². The highest BCUT2D eigenvalue weighted by atomic mass is 19.4. The Kier molecular flexibility index (Phi) is 3.48. The first kappa shape index (κ1) is 13.5. The van der Waals surface area contributed by atoms with Crippen molar-refractivity contribution in [3.63, 3.8) is 0 Å². The van der Waals surface area contributed by atoms with E-state index in [0.29, 0.717) is 18.3 Å². The zero-order chi connectivity index (χ0) is 13.3. The second-order valence-corrected chi connectivity index (χ2v) is 2.90. The van der Waals surface area contributed by atoms with Crippen LogP contribution in [0.4, 0.5) is 30.7 Å². The summed E-state index contributed by atoms with van der Waals surface area (Å²) in [6.07, 6.45) is -14.6. The fourth-order valence-corrected chi connectivity index (χ4v) is 0.913. The standard InChI is InChI=1S/C8H4F7NO/c9-5-3-4(1-2-16-5)17-6(7(10,11)12)8(13,14)15/h1-3,6H. The molecule has 0 bridgehead atoms. The van der Waals surface area contributed by atoms with E-state index in [0.717, 1.165) is 0 Å².